The number of rotatable bonds is 6. The van der Waals surface area contributed by atoms with Gasteiger partial charge in [-0.3, -0.25) is 4.79 Å². The summed E-state index contributed by atoms with van der Waals surface area (Å²) in [6.45, 7) is 5.56. The number of benzene rings is 1. The number of carbonyl (C=O) groups is 1. The highest BCUT2D eigenvalue weighted by molar-refractivity contribution is 6.02. The number of carbonyl (C=O) groups excluding carboxylic acids is 1. The smallest absolute Gasteiger partial charge is 0.246 e. The molecular formula is C21H25F2N5O. The average Bonchev–Trinajstić information content (AvgIpc) is 2.68. The molecule has 1 fully saturated rings. The van der Waals surface area contributed by atoms with E-state index in [2.05, 4.69) is 15.3 Å². The van der Waals surface area contributed by atoms with E-state index in [0.29, 0.717) is 31.5 Å². The molecule has 1 aromatic carbocycles. The lowest BCUT2D eigenvalue weighted by Crippen LogP contribution is -2.46. The summed E-state index contributed by atoms with van der Waals surface area (Å²) in [6, 6.07) is 4.37. The summed E-state index contributed by atoms with van der Waals surface area (Å²) in [5.41, 5.74) is 1.57. The van der Waals surface area contributed by atoms with Crippen molar-refractivity contribution in [1.29, 1.82) is 0 Å². The fourth-order valence-corrected chi connectivity index (χ4v) is 4.13. The minimum atomic E-state index is -0.809. The molecule has 0 saturated heterocycles. The van der Waals surface area contributed by atoms with Crippen LogP contribution in [0.2, 0.25) is 0 Å². The van der Waals surface area contributed by atoms with Crippen LogP contribution in [0.4, 0.5) is 26.2 Å². The van der Waals surface area contributed by atoms with Crippen molar-refractivity contribution in [1.82, 2.24) is 9.97 Å². The highest BCUT2D eigenvalue weighted by Crippen LogP contribution is 2.35. The van der Waals surface area contributed by atoms with Gasteiger partial charge >= 0.3 is 0 Å². The third-order valence-electron chi connectivity index (χ3n) is 5.74. The van der Waals surface area contributed by atoms with Gasteiger partial charge in [-0.05, 0) is 56.7 Å². The summed E-state index contributed by atoms with van der Waals surface area (Å²) in [6.07, 6.45) is 4.30. The number of likely N-dealkylation sites (N-methyl/N-ethyl adjacent to an activating group) is 2. The number of hydrogen-bond acceptors (Lipinski definition) is 5. The summed E-state index contributed by atoms with van der Waals surface area (Å²) in [4.78, 5) is 25.0. The van der Waals surface area contributed by atoms with Gasteiger partial charge in [-0.2, -0.15) is 4.98 Å². The maximum atomic E-state index is 13.4. The predicted octanol–water partition coefficient (Wildman–Crippen LogP) is 3.38. The van der Waals surface area contributed by atoms with Gasteiger partial charge in [0.1, 0.15) is 5.69 Å². The van der Waals surface area contributed by atoms with Crippen molar-refractivity contribution in [3.05, 3.63) is 41.6 Å². The zero-order chi connectivity index (χ0) is 20.5. The van der Waals surface area contributed by atoms with E-state index in [1.54, 1.807) is 17.2 Å². The molecule has 4 rings (SSSR count). The van der Waals surface area contributed by atoms with E-state index in [0.717, 1.165) is 36.3 Å². The van der Waals surface area contributed by atoms with Crippen LogP contribution in [0.3, 0.4) is 0 Å². The Kier molecular flexibility index (Phi) is 5.34. The quantitative estimate of drug-likeness (QED) is 0.804. The highest BCUT2D eigenvalue weighted by Gasteiger charge is 2.32. The molecule has 1 aliphatic carbocycles. The van der Waals surface area contributed by atoms with Crippen molar-refractivity contribution in [2.45, 2.75) is 39.2 Å². The fourth-order valence-electron chi connectivity index (χ4n) is 4.13. The van der Waals surface area contributed by atoms with Gasteiger partial charge in [0, 0.05) is 19.1 Å². The number of hydrogen-bond donors (Lipinski definition) is 1. The molecule has 2 aromatic rings. The Labute approximate surface area is 168 Å². The molecule has 1 amide bonds. The van der Waals surface area contributed by atoms with Crippen LogP contribution in [0.5, 0.6) is 0 Å². The first-order valence-corrected chi connectivity index (χ1v) is 10.1. The van der Waals surface area contributed by atoms with Gasteiger partial charge in [0.05, 0.1) is 12.7 Å². The third kappa shape index (κ3) is 3.88. The molecule has 2 aliphatic rings. The number of aromatic nitrogens is 2. The number of fused-ring (bicyclic) bond motifs is 1. The second-order valence-electron chi connectivity index (χ2n) is 7.69. The van der Waals surface area contributed by atoms with E-state index in [-0.39, 0.29) is 11.9 Å². The average molecular weight is 401 g/mol. The summed E-state index contributed by atoms with van der Waals surface area (Å²) in [7, 11) is 0. The molecule has 0 atom stereocenters. The van der Waals surface area contributed by atoms with Crippen LogP contribution in [0, 0.1) is 17.6 Å². The van der Waals surface area contributed by atoms with Crippen molar-refractivity contribution < 1.29 is 13.6 Å². The molecule has 2 heterocycles. The molecule has 154 valence electrons. The fraction of sp³-hybridized carbons (Fsp3) is 0.476. The van der Waals surface area contributed by atoms with Crippen LogP contribution < -0.4 is 15.1 Å². The Bertz CT molecular complexity index is 916. The summed E-state index contributed by atoms with van der Waals surface area (Å²) < 4.78 is 26.4. The van der Waals surface area contributed by atoms with Crippen LogP contribution in [0.25, 0.3) is 0 Å². The Balaban J connectivity index is 1.39. The van der Waals surface area contributed by atoms with Crippen molar-refractivity contribution >= 4 is 23.4 Å². The van der Waals surface area contributed by atoms with Crippen LogP contribution in [0.1, 0.15) is 32.3 Å². The lowest BCUT2D eigenvalue weighted by Gasteiger charge is -2.37. The molecule has 0 unspecified atom stereocenters. The van der Waals surface area contributed by atoms with Crippen LogP contribution in [0.15, 0.2) is 24.4 Å². The normalized spacial score (nSPS) is 21.0. The Morgan fingerprint density at radius 3 is 2.66 bits per heavy atom. The lowest BCUT2D eigenvalue weighted by molar-refractivity contribution is -0.117. The number of nitrogens with one attached hydrogen (secondary N) is 1. The SMILES string of the molecule is CCN1CC(=O)N(CC)c2cnc(N[C@H]3C[C@H](Cc4ccc(F)c(F)c4)C3)nc21. The van der Waals surface area contributed by atoms with E-state index >= 15 is 0 Å². The number of amides is 1. The Morgan fingerprint density at radius 2 is 1.97 bits per heavy atom. The molecule has 1 aliphatic heterocycles. The summed E-state index contributed by atoms with van der Waals surface area (Å²) >= 11 is 0. The van der Waals surface area contributed by atoms with E-state index in [9.17, 15) is 13.6 Å². The van der Waals surface area contributed by atoms with Gasteiger partial charge in [0.15, 0.2) is 17.5 Å². The molecular weight excluding hydrogens is 376 g/mol. The Hall–Kier alpha value is -2.77. The second-order valence-corrected chi connectivity index (χ2v) is 7.69. The van der Waals surface area contributed by atoms with E-state index in [1.807, 2.05) is 18.7 Å². The number of nitrogens with zero attached hydrogens (tertiary/aromatic N) is 4. The van der Waals surface area contributed by atoms with Crippen molar-refractivity contribution in [2.75, 3.05) is 34.8 Å². The van der Waals surface area contributed by atoms with Gasteiger partial charge in [0.2, 0.25) is 11.9 Å². The predicted molar refractivity (Wildman–Crippen MR) is 108 cm³/mol. The van der Waals surface area contributed by atoms with E-state index < -0.39 is 11.6 Å². The summed E-state index contributed by atoms with van der Waals surface area (Å²) in [5, 5.41) is 3.37. The maximum absolute atomic E-state index is 13.4. The molecule has 1 N–H and O–H groups in total. The molecule has 29 heavy (non-hydrogen) atoms. The first-order chi connectivity index (χ1) is 14.0. The first kappa shape index (κ1) is 19.5. The number of halogens is 2. The van der Waals surface area contributed by atoms with Crippen LogP contribution in [-0.4, -0.2) is 41.6 Å². The molecule has 6 nitrogen and oxygen atoms in total. The van der Waals surface area contributed by atoms with Crippen LogP contribution in [-0.2, 0) is 11.2 Å². The topological polar surface area (TPSA) is 61.4 Å². The Morgan fingerprint density at radius 1 is 1.17 bits per heavy atom. The third-order valence-corrected chi connectivity index (χ3v) is 5.74. The van der Waals surface area contributed by atoms with Gasteiger partial charge in [0.25, 0.3) is 0 Å². The molecule has 0 spiro atoms. The second kappa shape index (κ2) is 7.93. The minimum Gasteiger partial charge on any atom is -0.351 e. The zero-order valence-electron chi connectivity index (χ0n) is 16.7. The number of anilines is 3. The summed E-state index contributed by atoms with van der Waals surface area (Å²) in [5.74, 6) is 0.225. The molecule has 1 saturated carbocycles. The van der Waals surface area contributed by atoms with Gasteiger partial charge in [-0.15, -0.1) is 0 Å². The zero-order valence-corrected chi connectivity index (χ0v) is 16.7. The molecule has 0 bridgehead atoms. The van der Waals surface area contributed by atoms with Crippen LogP contribution >= 0.6 is 0 Å². The minimum absolute atomic E-state index is 0.0604. The van der Waals surface area contributed by atoms with Gasteiger partial charge in [-0.1, -0.05) is 6.07 Å². The van der Waals surface area contributed by atoms with Crippen molar-refractivity contribution in [2.24, 2.45) is 5.92 Å². The van der Waals surface area contributed by atoms with E-state index in [1.165, 1.54) is 12.1 Å². The van der Waals surface area contributed by atoms with Crippen molar-refractivity contribution in [3.63, 3.8) is 0 Å². The monoisotopic (exact) mass is 401 g/mol. The molecule has 1 aromatic heterocycles. The standard InChI is InChI=1S/C21H25F2N5O/c1-3-27-12-19(29)28(4-2)18-11-24-21(26-20(18)27)25-15-8-14(9-15)7-13-5-6-16(22)17(23)10-13/h5-6,10-11,14-15H,3-4,7-9,12H2,1-2H3,(H,24,25,26)/t14-,15-. The van der Waals surface area contributed by atoms with Crippen molar-refractivity contribution in [3.8, 4) is 0 Å². The maximum Gasteiger partial charge on any atom is 0.246 e. The van der Waals surface area contributed by atoms with Gasteiger partial charge in [-0.25, -0.2) is 13.8 Å². The van der Waals surface area contributed by atoms with E-state index in [4.69, 9.17) is 0 Å². The largest absolute Gasteiger partial charge is 0.351 e. The lowest BCUT2D eigenvalue weighted by atomic mass is 9.76. The highest BCUT2D eigenvalue weighted by atomic mass is 19.2. The first-order valence-electron chi connectivity index (χ1n) is 10.1. The molecule has 8 heteroatoms. The van der Waals surface area contributed by atoms with Gasteiger partial charge < -0.3 is 15.1 Å². The molecule has 0 radical (unpaired) electrons.